The Morgan fingerprint density at radius 3 is 1.72 bits per heavy atom. The molecule has 0 rings (SSSR count). The molecule has 0 aliphatic heterocycles. The molecule has 0 saturated carbocycles. The van der Waals surface area contributed by atoms with Gasteiger partial charge in [-0.25, -0.2) is 4.79 Å². The van der Waals surface area contributed by atoms with Gasteiger partial charge in [-0.1, -0.05) is 34.1 Å². The van der Waals surface area contributed by atoms with Crippen LogP contribution in [0.15, 0.2) is 0 Å². The molecule has 9 N–H and O–H groups in total. The Morgan fingerprint density at radius 2 is 1.31 bits per heavy atom. The Kier molecular flexibility index (Phi) is 12.5. The minimum atomic E-state index is -1.45. The summed E-state index contributed by atoms with van der Waals surface area (Å²) in [6, 6.07) is -4.81. The first-order valence-electron chi connectivity index (χ1n) is 10.6. The Labute approximate surface area is 187 Å². The molecule has 0 aliphatic carbocycles. The summed E-state index contributed by atoms with van der Waals surface area (Å²) in [7, 11) is 0. The summed E-state index contributed by atoms with van der Waals surface area (Å²) in [6.45, 7) is 7.97. The first-order chi connectivity index (χ1) is 14.7. The van der Waals surface area contributed by atoms with E-state index in [-0.39, 0.29) is 18.8 Å². The summed E-state index contributed by atoms with van der Waals surface area (Å²) in [5.41, 5.74) is 10.8. The minimum absolute atomic E-state index is 0.000492. The van der Waals surface area contributed by atoms with E-state index < -0.39 is 65.8 Å². The van der Waals surface area contributed by atoms with Gasteiger partial charge >= 0.3 is 5.97 Å². The predicted molar refractivity (Wildman–Crippen MR) is 116 cm³/mol. The van der Waals surface area contributed by atoms with Crippen LogP contribution < -0.4 is 27.4 Å². The van der Waals surface area contributed by atoms with Gasteiger partial charge in [0.05, 0.1) is 12.1 Å². The highest BCUT2D eigenvalue weighted by Crippen LogP contribution is 2.10. The lowest BCUT2D eigenvalue weighted by molar-refractivity contribution is -0.144. The lowest BCUT2D eigenvalue weighted by atomic mass is 9.96. The van der Waals surface area contributed by atoms with Crippen LogP contribution in [0.2, 0.25) is 0 Å². The lowest BCUT2D eigenvalue weighted by Gasteiger charge is -2.29. The van der Waals surface area contributed by atoms with E-state index in [9.17, 15) is 34.2 Å². The molecule has 184 valence electrons. The molecular weight excluding hydrogens is 422 g/mol. The molecule has 4 amide bonds. The minimum Gasteiger partial charge on any atom is -0.480 e. The van der Waals surface area contributed by atoms with Crippen molar-refractivity contribution in [2.24, 2.45) is 23.3 Å². The third-order valence-corrected chi connectivity index (χ3v) is 5.12. The van der Waals surface area contributed by atoms with Crippen molar-refractivity contribution < 1.29 is 34.2 Å². The van der Waals surface area contributed by atoms with Crippen LogP contribution in [0.4, 0.5) is 0 Å². The van der Waals surface area contributed by atoms with Gasteiger partial charge < -0.3 is 37.6 Å². The molecule has 0 aromatic carbocycles. The van der Waals surface area contributed by atoms with Crippen LogP contribution in [-0.4, -0.2) is 70.1 Å². The Bertz CT molecular complexity index is 683. The quantitative estimate of drug-likeness (QED) is 0.157. The topological polar surface area (TPSA) is 214 Å². The third-order valence-electron chi connectivity index (χ3n) is 5.12. The third kappa shape index (κ3) is 9.60. The summed E-state index contributed by atoms with van der Waals surface area (Å²) in [5.74, 6) is -4.95. The van der Waals surface area contributed by atoms with E-state index in [2.05, 4.69) is 16.0 Å². The van der Waals surface area contributed by atoms with Crippen LogP contribution in [0.25, 0.3) is 0 Å². The molecular formula is C20H37N5O7. The molecule has 0 bridgehead atoms. The fraction of sp³-hybridized carbons (Fsp3) is 0.750. The van der Waals surface area contributed by atoms with Crippen molar-refractivity contribution in [3.63, 3.8) is 0 Å². The highest BCUT2D eigenvalue weighted by atomic mass is 16.4. The van der Waals surface area contributed by atoms with E-state index in [4.69, 9.17) is 11.5 Å². The van der Waals surface area contributed by atoms with Crippen molar-refractivity contribution >= 4 is 29.6 Å². The van der Waals surface area contributed by atoms with Gasteiger partial charge in [-0.15, -0.1) is 0 Å². The Morgan fingerprint density at radius 1 is 0.844 bits per heavy atom. The molecule has 0 aliphatic rings. The number of amides is 4. The van der Waals surface area contributed by atoms with Gasteiger partial charge in [0.25, 0.3) is 0 Å². The van der Waals surface area contributed by atoms with Crippen molar-refractivity contribution in [3.8, 4) is 0 Å². The number of nitrogens with one attached hydrogen (secondary N) is 3. The molecule has 0 aromatic heterocycles. The van der Waals surface area contributed by atoms with Crippen LogP contribution in [-0.2, 0) is 24.0 Å². The summed E-state index contributed by atoms with van der Waals surface area (Å²) < 4.78 is 0. The molecule has 0 heterocycles. The van der Waals surface area contributed by atoms with Crippen molar-refractivity contribution in [1.29, 1.82) is 0 Å². The molecule has 0 spiro atoms. The number of hydrogen-bond acceptors (Lipinski definition) is 7. The maximum absolute atomic E-state index is 12.9. The van der Waals surface area contributed by atoms with E-state index in [1.165, 1.54) is 6.92 Å². The van der Waals surface area contributed by atoms with Gasteiger partial charge in [0.15, 0.2) is 0 Å². The van der Waals surface area contributed by atoms with E-state index in [1.54, 1.807) is 27.7 Å². The molecule has 0 aromatic rings. The molecule has 6 unspecified atom stereocenters. The summed E-state index contributed by atoms with van der Waals surface area (Å²) in [4.78, 5) is 60.1. The average molecular weight is 460 g/mol. The second-order valence-corrected chi connectivity index (χ2v) is 8.28. The number of carboxylic acid groups (broad SMARTS) is 1. The molecule has 0 saturated heterocycles. The van der Waals surface area contributed by atoms with Crippen LogP contribution in [0, 0.1) is 11.8 Å². The summed E-state index contributed by atoms with van der Waals surface area (Å²) in [5, 5.41) is 26.5. The van der Waals surface area contributed by atoms with E-state index in [0.717, 1.165) is 0 Å². The van der Waals surface area contributed by atoms with Crippen molar-refractivity contribution in [1.82, 2.24) is 16.0 Å². The fourth-order valence-corrected chi connectivity index (χ4v) is 2.80. The zero-order chi connectivity index (χ0) is 25.2. The highest BCUT2D eigenvalue weighted by molar-refractivity contribution is 5.94. The second kappa shape index (κ2) is 13.6. The zero-order valence-corrected chi connectivity index (χ0v) is 19.3. The van der Waals surface area contributed by atoms with Crippen LogP contribution in [0.1, 0.15) is 53.9 Å². The van der Waals surface area contributed by atoms with Gasteiger partial charge in [-0.2, -0.15) is 0 Å². The maximum atomic E-state index is 12.9. The van der Waals surface area contributed by atoms with Crippen molar-refractivity contribution in [2.75, 3.05) is 0 Å². The largest absolute Gasteiger partial charge is 0.480 e. The summed E-state index contributed by atoms with van der Waals surface area (Å²) >= 11 is 0. The Balaban J connectivity index is 5.44. The molecule has 12 nitrogen and oxygen atoms in total. The first-order valence-corrected chi connectivity index (χ1v) is 10.6. The number of nitrogens with two attached hydrogens (primary N) is 2. The van der Waals surface area contributed by atoms with Gasteiger partial charge in [0.2, 0.25) is 23.6 Å². The number of primary amides is 1. The monoisotopic (exact) mass is 459 g/mol. The molecule has 0 radical (unpaired) electrons. The molecule has 0 fully saturated rings. The van der Waals surface area contributed by atoms with Crippen LogP contribution in [0.5, 0.6) is 0 Å². The zero-order valence-electron chi connectivity index (χ0n) is 19.3. The molecule has 12 heteroatoms. The average Bonchev–Trinajstić information content (AvgIpc) is 2.70. The van der Waals surface area contributed by atoms with Gasteiger partial charge in [-0.05, 0) is 25.2 Å². The number of aliphatic hydroxyl groups is 1. The number of carboxylic acids is 1. The van der Waals surface area contributed by atoms with Gasteiger partial charge in [0, 0.05) is 6.42 Å². The van der Waals surface area contributed by atoms with E-state index in [1.807, 2.05) is 0 Å². The number of rotatable bonds is 14. The maximum Gasteiger partial charge on any atom is 0.326 e. The predicted octanol–water partition coefficient (Wildman–Crippen LogP) is -1.80. The molecule has 32 heavy (non-hydrogen) atoms. The summed E-state index contributed by atoms with van der Waals surface area (Å²) in [6.07, 6.45) is -0.943. The second-order valence-electron chi connectivity index (χ2n) is 8.28. The fourth-order valence-electron chi connectivity index (χ4n) is 2.80. The van der Waals surface area contributed by atoms with E-state index in [0.29, 0.717) is 6.42 Å². The Hall–Kier alpha value is -2.73. The standard InChI is InChI=1S/C20H37N5O7/c1-6-10(4)15(24-17(28)12(21)7-8-13(22)27)18(29)25-16(11(5)26)19(30)23-14(9(2)3)20(31)32/h9-12,14-16,26H,6-8,21H2,1-5H3,(H2,22,27)(H,23,30)(H,24,28)(H,25,29)(H,31,32). The van der Waals surface area contributed by atoms with Gasteiger partial charge in [-0.3, -0.25) is 19.2 Å². The van der Waals surface area contributed by atoms with Crippen molar-refractivity contribution in [2.45, 2.75) is 84.2 Å². The van der Waals surface area contributed by atoms with Gasteiger partial charge in [0.1, 0.15) is 18.1 Å². The number of carbonyl (C=O) groups excluding carboxylic acids is 4. The number of aliphatic carboxylic acids is 1. The normalized spacial score (nSPS) is 16.8. The van der Waals surface area contributed by atoms with Crippen molar-refractivity contribution in [3.05, 3.63) is 0 Å². The SMILES string of the molecule is CCC(C)C(NC(=O)C(N)CCC(N)=O)C(=O)NC(C(=O)NC(C(=O)O)C(C)C)C(C)O. The smallest absolute Gasteiger partial charge is 0.326 e. The number of aliphatic hydroxyl groups excluding tert-OH is 1. The van der Waals surface area contributed by atoms with Crippen LogP contribution in [0.3, 0.4) is 0 Å². The number of carbonyl (C=O) groups is 5. The van der Waals surface area contributed by atoms with E-state index >= 15 is 0 Å². The first kappa shape index (κ1) is 29.3. The number of hydrogen-bond donors (Lipinski definition) is 7. The lowest BCUT2D eigenvalue weighted by Crippen LogP contribution is -2.61. The molecule has 6 atom stereocenters. The highest BCUT2D eigenvalue weighted by Gasteiger charge is 2.34. The van der Waals surface area contributed by atoms with Crippen LogP contribution >= 0.6 is 0 Å².